The van der Waals surface area contributed by atoms with E-state index in [0.717, 1.165) is 30.8 Å². The van der Waals surface area contributed by atoms with E-state index >= 15 is 0 Å². The van der Waals surface area contributed by atoms with Crippen molar-refractivity contribution in [2.24, 2.45) is 0 Å². The topological polar surface area (TPSA) is 87.3 Å². The number of phenols is 1. The molecule has 1 aliphatic rings. The van der Waals surface area contributed by atoms with Gasteiger partial charge in [-0.1, -0.05) is 0 Å². The molecule has 0 unspecified atom stereocenters. The lowest BCUT2D eigenvalue weighted by molar-refractivity contribution is 0.373. The molecule has 4 aromatic rings. The molecule has 1 atom stereocenters. The molecule has 0 radical (unpaired) electrons. The highest BCUT2D eigenvalue weighted by molar-refractivity contribution is 5.87. The third kappa shape index (κ3) is 3.75. The summed E-state index contributed by atoms with van der Waals surface area (Å²) in [5.41, 5.74) is 2.48. The number of oxazole rings is 1. The van der Waals surface area contributed by atoms with Crippen LogP contribution in [0.5, 0.6) is 5.75 Å². The lowest BCUT2D eigenvalue weighted by atomic mass is 10.1. The summed E-state index contributed by atoms with van der Waals surface area (Å²) in [5, 5.41) is 14.1. The Morgan fingerprint density at radius 2 is 1.88 bits per heavy atom. The zero-order valence-corrected chi connectivity index (χ0v) is 18.6. The van der Waals surface area contributed by atoms with E-state index in [1.807, 2.05) is 18.2 Å². The van der Waals surface area contributed by atoms with Crippen LogP contribution in [-0.4, -0.2) is 44.7 Å². The Bertz CT molecular complexity index is 1330. The molecule has 3 aromatic heterocycles. The standard InChI is InChI=1S/C24H26FN5O2/c1-13-26-22-19(32-13)11-15(23(31)21(22)25)16-5-6-18-17(27-16)7-8-20(28-18)30-10-9-14(12-30)29-24(2,3)4/h5-8,11,14,29,31H,9-10,12H2,1-4H3/t14-/m1/s1. The maximum Gasteiger partial charge on any atom is 0.195 e. The van der Waals surface area contributed by atoms with Gasteiger partial charge in [-0.3, -0.25) is 0 Å². The number of benzene rings is 1. The first kappa shape index (κ1) is 20.6. The number of nitrogens with one attached hydrogen (secondary N) is 1. The van der Waals surface area contributed by atoms with Crippen molar-refractivity contribution in [1.82, 2.24) is 20.3 Å². The van der Waals surface area contributed by atoms with Crippen LogP contribution in [0, 0.1) is 12.7 Å². The number of pyridine rings is 2. The second-order valence-electron chi connectivity index (χ2n) is 9.40. The van der Waals surface area contributed by atoms with Gasteiger partial charge in [0.05, 0.1) is 16.7 Å². The van der Waals surface area contributed by atoms with Gasteiger partial charge in [-0.15, -0.1) is 0 Å². The smallest absolute Gasteiger partial charge is 0.195 e. The van der Waals surface area contributed by atoms with Crippen LogP contribution in [-0.2, 0) is 0 Å². The molecule has 8 heteroatoms. The molecule has 166 valence electrons. The third-order valence-electron chi connectivity index (χ3n) is 5.66. The van der Waals surface area contributed by atoms with Crippen LogP contribution in [0.3, 0.4) is 0 Å². The maximum atomic E-state index is 14.6. The molecule has 0 amide bonds. The average Bonchev–Trinajstić information content (AvgIpc) is 3.34. The van der Waals surface area contributed by atoms with Gasteiger partial charge in [-0.25, -0.2) is 19.3 Å². The minimum Gasteiger partial charge on any atom is -0.504 e. The number of hydrogen-bond donors (Lipinski definition) is 2. The molecule has 5 rings (SSSR count). The largest absolute Gasteiger partial charge is 0.504 e. The zero-order valence-electron chi connectivity index (χ0n) is 18.6. The molecule has 0 bridgehead atoms. The first-order valence-electron chi connectivity index (χ1n) is 10.8. The number of fused-ring (bicyclic) bond motifs is 2. The molecular formula is C24H26FN5O2. The molecule has 1 fully saturated rings. The van der Waals surface area contributed by atoms with Crippen LogP contribution >= 0.6 is 0 Å². The number of rotatable bonds is 3. The van der Waals surface area contributed by atoms with Gasteiger partial charge in [0.2, 0.25) is 0 Å². The Hall–Kier alpha value is -3.26. The molecule has 0 saturated carbocycles. The van der Waals surface area contributed by atoms with Gasteiger partial charge < -0.3 is 19.7 Å². The molecule has 7 nitrogen and oxygen atoms in total. The summed E-state index contributed by atoms with van der Waals surface area (Å²) < 4.78 is 20.1. The zero-order chi connectivity index (χ0) is 22.6. The number of aryl methyl sites for hydroxylation is 1. The van der Waals surface area contributed by atoms with E-state index in [4.69, 9.17) is 9.40 Å². The summed E-state index contributed by atoms with van der Waals surface area (Å²) in [7, 11) is 0. The molecule has 1 aromatic carbocycles. The number of phenolic OH excluding ortho intramolecular Hbond substituents is 1. The molecule has 0 aliphatic carbocycles. The normalized spacial score (nSPS) is 17.0. The molecule has 4 heterocycles. The van der Waals surface area contributed by atoms with Gasteiger partial charge in [0, 0.05) is 37.2 Å². The summed E-state index contributed by atoms with van der Waals surface area (Å²) >= 11 is 0. The van der Waals surface area contributed by atoms with Gasteiger partial charge in [0.15, 0.2) is 23.0 Å². The van der Waals surface area contributed by atoms with E-state index in [2.05, 4.69) is 41.0 Å². The fraction of sp³-hybridized carbons (Fsp3) is 0.375. The SMILES string of the molecule is Cc1nc2c(F)c(O)c(-c3ccc4nc(N5CC[C@@H](NC(C)(C)C)C5)ccc4n3)cc2o1. The predicted octanol–water partition coefficient (Wildman–Crippen LogP) is 4.56. The van der Waals surface area contributed by atoms with Crippen molar-refractivity contribution < 1.29 is 13.9 Å². The van der Waals surface area contributed by atoms with Crippen molar-refractivity contribution >= 4 is 28.0 Å². The molecule has 2 N–H and O–H groups in total. The number of aromatic nitrogens is 3. The summed E-state index contributed by atoms with van der Waals surface area (Å²) in [4.78, 5) is 15.7. The first-order chi connectivity index (χ1) is 15.2. The third-order valence-corrected chi connectivity index (χ3v) is 5.66. The van der Waals surface area contributed by atoms with Gasteiger partial charge >= 0.3 is 0 Å². The van der Waals surface area contributed by atoms with E-state index in [0.29, 0.717) is 23.1 Å². The van der Waals surface area contributed by atoms with Crippen molar-refractivity contribution in [2.45, 2.75) is 45.7 Å². The highest BCUT2D eigenvalue weighted by atomic mass is 19.1. The van der Waals surface area contributed by atoms with E-state index in [-0.39, 0.29) is 22.2 Å². The van der Waals surface area contributed by atoms with E-state index < -0.39 is 11.6 Å². The minimum atomic E-state index is -0.808. The number of nitrogens with zero attached hydrogens (tertiary/aromatic N) is 4. The van der Waals surface area contributed by atoms with Gasteiger partial charge in [-0.2, -0.15) is 0 Å². The van der Waals surface area contributed by atoms with Gasteiger partial charge in [-0.05, 0) is 57.5 Å². The van der Waals surface area contributed by atoms with Crippen molar-refractivity contribution in [3.8, 4) is 17.0 Å². The summed E-state index contributed by atoms with van der Waals surface area (Å²) in [6.45, 7) is 10.0. The quantitative estimate of drug-likeness (QED) is 0.488. The summed E-state index contributed by atoms with van der Waals surface area (Å²) in [6.07, 6.45) is 1.07. The lowest BCUT2D eigenvalue weighted by Gasteiger charge is -2.26. The summed E-state index contributed by atoms with van der Waals surface area (Å²) in [5.74, 6) is -0.0490. The van der Waals surface area contributed by atoms with Gasteiger partial charge in [0.1, 0.15) is 11.3 Å². The monoisotopic (exact) mass is 435 g/mol. The fourth-order valence-electron chi connectivity index (χ4n) is 4.35. The molecule has 1 saturated heterocycles. The predicted molar refractivity (Wildman–Crippen MR) is 122 cm³/mol. The summed E-state index contributed by atoms with van der Waals surface area (Å²) in [6, 6.07) is 9.45. The van der Waals surface area contributed by atoms with Crippen LogP contribution in [0.2, 0.25) is 0 Å². The second-order valence-corrected chi connectivity index (χ2v) is 9.40. The Morgan fingerprint density at radius 3 is 2.66 bits per heavy atom. The van der Waals surface area contributed by atoms with Crippen LogP contribution < -0.4 is 10.2 Å². The number of halogens is 1. The number of aromatic hydroxyl groups is 1. The average molecular weight is 436 g/mol. The number of anilines is 1. The highest BCUT2D eigenvalue weighted by Crippen LogP contribution is 2.36. The van der Waals surface area contributed by atoms with E-state index in [1.54, 1.807) is 19.1 Å². The van der Waals surface area contributed by atoms with Crippen LogP contribution in [0.1, 0.15) is 33.1 Å². The highest BCUT2D eigenvalue weighted by Gasteiger charge is 2.27. The Kier molecular flexibility index (Phi) is 4.78. The molecule has 32 heavy (non-hydrogen) atoms. The second kappa shape index (κ2) is 7.41. The Labute approximate surface area is 185 Å². The lowest BCUT2D eigenvalue weighted by Crippen LogP contribution is -2.44. The van der Waals surface area contributed by atoms with Crippen molar-refractivity contribution in [3.63, 3.8) is 0 Å². The van der Waals surface area contributed by atoms with Crippen LogP contribution in [0.4, 0.5) is 10.2 Å². The molecular weight excluding hydrogens is 409 g/mol. The van der Waals surface area contributed by atoms with Crippen LogP contribution in [0.25, 0.3) is 33.4 Å². The molecule has 1 aliphatic heterocycles. The van der Waals surface area contributed by atoms with Crippen molar-refractivity contribution in [1.29, 1.82) is 0 Å². The Morgan fingerprint density at radius 1 is 1.12 bits per heavy atom. The minimum absolute atomic E-state index is 0.0146. The number of hydrogen-bond acceptors (Lipinski definition) is 7. The van der Waals surface area contributed by atoms with Gasteiger partial charge in [0.25, 0.3) is 0 Å². The van der Waals surface area contributed by atoms with E-state index in [1.165, 1.54) is 0 Å². The van der Waals surface area contributed by atoms with Crippen molar-refractivity contribution in [2.75, 3.05) is 18.0 Å². The van der Waals surface area contributed by atoms with E-state index in [9.17, 15) is 9.50 Å². The Balaban J connectivity index is 1.45. The first-order valence-corrected chi connectivity index (χ1v) is 10.8. The maximum absolute atomic E-state index is 14.6. The molecule has 0 spiro atoms. The fourth-order valence-corrected chi connectivity index (χ4v) is 4.35. The van der Waals surface area contributed by atoms with Crippen LogP contribution in [0.15, 0.2) is 34.7 Å². The van der Waals surface area contributed by atoms with Crippen molar-refractivity contribution in [3.05, 3.63) is 42.0 Å².